The molecular formula is C18H20N4O3. The van der Waals surface area contributed by atoms with Gasteiger partial charge in [-0.25, -0.2) is 4.98 Å². The minimum Gasteiger partial charge on any atom is -0.432 e. The summed E-state index contributed by atoms with van der Waals surface area (Å²) < 4.78 is 5.63. The van der Waals surface area contributed by atoms with Gasteiger partial charge in [-0.15, -0.1) is 0 Å². The molecule has 2 fully saturated rings. The van der Waals surface area contributed by atoms with Crippen molar-refractivity contribution in [3.63, 3.8) is 0 Å². The van der Waals surface area contributed by atoms with Crippen LogP contribution in [-0.4, -0.2) is 34.9 Å². The van der Waals surface area contributed by atoms with Crippen LogP contribution in [0, 0.1) is 0 Å². The Morgan fingerprint density at radius 2 is 2.20 bits per heavy atom. The van der Waals surface area contributed by atoms with E-state index in [1.165, 1.54) is 19.5 Å². The molecule has 0 saturated carbocycles. The average Bonchev–Trinajstić information content (AvgIpc) is 3.31. The van der Waals surface area contributed by atoms with Crippen molar-refractivity contribution >= 4 is 17.5 Å². The summed E-state index contributed by atoms with van der Waals surface area (Å²) in [6, 6.07) is 8.24. The molecule has 3 atom stereocenters. The summed E-state index contributed by atoms with van der Waals surface area (Å²) in [6.45, 7) is 1.45. The first-order valence-electron chi connectivity index (χ1n) is 8.49. The highest BCUT2D eigenvalue weighted by Gasteiger charge is 2.40. The van der Waals surface area contributed by atoms with Crippen molar-refractivity contribution in [2.75, 3.05) is 5.32 Å². The van der Waals surface area contributed by atoms with Gasteiger partial charge in [-0.3, -0.25) is 9.59 Å². The third-order valence-corrected chi connectivity index (χ3v) is 4.78. The number of carbonyl (C=O) groups is 2. The Hall–Kier alpha value is -2.67. The lowest BCUT2D eigenvalue weighted by Crippen LogP contribution is -2.43. The summed E-state index contributed by atoms with van der Waals surface area (Å²) in [4.78, 5) is 27.7. The van der Waals surface area contributed by atoms with E-state index in [1.54, 1.807) is 12.1 Å². The predicted molar refractivity (Wildman–Crippen MR) is 92.1 cm³/mol. The molecule has 3 heterocycles. The number of carbonyl (C=O) groups excluding carboxylic acids is 2. The maximum absolute atomic E-state index is 12.4. The molecule has 1 aromatic carbocycles. The Labute approximate surface area is 145 Å². The number of hydrogen-bond acceptors (Lipinski definition) is 5. The van der Waals surface area contributed by atoms with Gasteiger partial charge in [0.2, 0.25) is 5.91 Å². The Morgan fingerprint density at radius 3 is 2.92 bits per heavy atom. The zero-order chi connectivity index (χ0) is 17.4. The number of benzene rings is 1. The van der Waals surface area contributed by atoms with Gasteiger partial charge in [0.25, 0.3) is 5.89 Å². The summed E-state index contributed by atoms with van der Waals surface area (Å²) in [5, 5.41) is 9.22. The average molecular weight is 340 g/mol. The number of anilines is 1. The van der Waals surface area contributed by atoms with E-state index in [-0.39, 0.29) is 23.7 Å². The SMILES string of the molecule is CC(=O)Nc1cccc(-c2cnc(C(=O)NC3CC4CCC3N4)o2)c1. The fraction of sp³-hybridized carbons (Fsp3) is 0.389. The molecule has 2 aromatic rings. The van der Waals surface area contributed by atoms with Gasteiger partial charge in [0, 0.05) is 36.3 Å². The molecule has 130 valence electrons. The van der Waals surface area contributed by atoms with Crippen molar-refractivity contribution < 1.29 is 14.0 Å². The van der Waals surface area contributed by atoms with Crippen LogP contribution in [0.1, 0.15) is 36.9 Å². The number of nitrogens with zero attached hydrogens (tertiary/aromatic N) is 1. The normalized spacial score (nSPS) is 24.3. The van der Waals surface area contributed by atoms with Gasteiger partial charge in [0.05, 0.1) is 6.20 Å². The smallest absolute Gasteiger partial charge is 0.307 e. The molecule has 4 rings (SSSR count). The third kappa shape index (κ3) is 3.28. The van der Waals surface area contributed by atoms with E-state index in [4.69, 9.17) is 4.42 Å². The van der Waals surface area contributed by atoms with Crippen molar-refractivity contribution in [2.24, 2.45) is 0 Å². The Kier molecular flexibility index (Phi) is 4.01. The molecule has 0 aliphatic carbocycles. The van der Waals surface area contributed by atoms with Crippen LogP contribution in [0.5, 0.6) is 0 Å². The van der Waals surface area contributed by atoms with Gasteiger partial charge >= 0.3 is 5.91 Å². The van der Waals surface area contributed by atoms with E-state index in [0.29, 0.717) is 23.5 Å². The summed E-state index contributed by atoms with van der Waals surface area (Å²) in [5.74, 6) is 0.115. The lowest BCUT2D eigenvalue weighted by Gasteiger charge is -2.20. The maximum atomic E-state index is 12.4. The highest BCUT2D eigenvalue weighted by atomic mass is 16.4. The van der Waals surface area contributed by atoms with Gasteiger partial charge in [-0.05, 0) is 31.4 Å². The molecule has 0 radical (unpaired) electrons. The second kappa shape index (κ2) is 6.33. The molecular weight excluding hydrogens is 320 g/mol. The molecule has 2 aliphatic heterocycles. The van der Waals surface area contributed by atoms with E-state index in [9.17, 15) is 9.59 Å². The number of oxazole rings is 1. The molecule has 2 amide bonds. The summed E-state index contributed by atoms with van der Waals surface area (Å²) >= 11 is 0. The second-order valence-electron chi connectivity index (χ2n) is 6.65. The van der Waals surface area contributed by atoms with Crippen molar-refractivity contribution in [1.29, 1.82) is 0 Å². The van der Waals surface area contributed by atoms with Crippen LogP contribution in [0.4, 0.5) is 5.69 Å². The van der Waals surface area contributed by atoms with Crippen molar-refractivity contribution in [1.82, 2.24) is 15.6 Å². The lowest BCUT2D eigenvalue weighted by molar-refractivity contribution is -0.114. The molecule has 2 bridgehead atoms. The van der Waals surface area contributed by atoms with Gasteiger partial charge in [0.15, 0.2) is 5.76 Å². The molecule has 0 spiro atoms. The molecule has 3 unspecified atom stereocenters. The van der Waals surface area contributed by atoms with E-state index in [0.717, 1.165) is 18.4 Å². The first-order chi connectivity index (χ1) is 12.1. The molecule has 25 heavy (non-hydrogen) atoms. The Morgan fingerprint density at radius 1 is 1.32 bits per heavy atom. The van der Waals surface area contributed by atoms with Crippen molar-refractivity contribution in [2.45, 2.75) is 44.3 Å². The largest absolute Gasteiger partial charge is 0.432 e. The fourth-order valence-corrected chi connectivity index (χ4v) is 3.68. The molecule has 1 aromatic heterocycles. The van der Waals surface area contributed by atoms with Gasteiger partial charge in [-0.2, -0.15) is 0 Å². The molecule has 7 heteroatoms. The Bertz CT molecular complexity index is 816. The van der Waals surface area contributed by atoms with Crippen LogP contribution in [0.25, 0.3) is 11.3 Å². The highest BCUT2D eigenvalue weighted by Crippen LogP contribution is 2.29. The van der Waals surface area contributed by atoms with E-state index < -0.39 is 0 Å². The fourth-order valence-electron chi connectivity index (χ4n) is 3.68. The highest BCUT2D eigenvalue weighted by molar-refractivity contribution is 5.91. The van der Waals surface area contributed by atoms with E-state index in [2.05, 4.69) is 20.9 Å². The van der Waals surface area contributed by atoms with Crippen LogP contribution in [0.15, 0.2) is 34.9 Å². The summed E-state index contributed by atoms with van der Waals surface area (Å²) in [6.07, 6.45) is 4.77. The number of rotatable bonds is 4. The number of amides is 2. The molecule has 2 aliphatic rings. The van der Waals surface area contributed by atoms with E-state index in [1.807, 2.05) is 12.1 Å². The monoisotopic (exact) mass is 340 g/mol. The summed E-state index contributed by atoms with van der Waals surface area (Å²) in [5.41, 5.74) is 1.42. The van der Waals surface area contributed by atoms with E-state index >= 15 is 0 Å². The van der Waals surface area contributed by atoms with Gasteiger partial charge in [0.1, 0.15) is 0 Å². The maximum Gasteiger partial charge on any atom is 0.307 e. The van der Waals surface area contributed by atoms with Crippen LogP contribution in [-0.2, 0) is 4.79 Å². The van der Waals surface area contributed by atoms with Gasteiger partial charge < -0.3 is 20.4 Å². The summed E-state index contributed by atoms with van der Waals surface area (Å²) in [7, 11) is 0. The van der Waals surface area contributed by atoms with Crippen LogP contribution < -0.4 is 16.0 Å². The van der Waals surface area contributed by atoms with Crippen LogP contribution in [0.2, 0.25) is 0 Å². The molecule has 3 N–H and O–H groups in total. The zero-order valence-corrected chi connectivity index (χ0v) is 13.9. The minimum atomic E-state index is -0.288. The molecule has 2 saturated heterocycles. The Balaban J connectivity index is 1.46. The quantitative estimate of drug-likeness (QED) is 0.790. The van der Waals surface area contributed by atoms with Gasteiger partial charge in [-0.1, -0.05) is 12.1 Å². The number of fused-ring (bicyclic) bond motifs is 2. The van der Waals surface area contributed by atoms with Crippen LogP contribution >= 0.6 is 0 Å². The standard InChI is InChI=1S/C18H20N4O3/c1-10(23)20-12-4-2-3-11(7-12)16-9-19-18(25-16)17(24)22-15-8-13-5-6-14(15)21-13/h2-4,7,9,13-15,21H,5-6,8H2,1H3,(H,20,23)(H,22,24). The molecule has 7 nitrogen and oxygen atoms in total. The van der Waals surface area contributed by atoms with Crippen molar-refractivity contribution in [3.8, 4) is 11.3 Å². The number of hydrogen-bond donors (Lipinski definition) is 3. The van der Waals surface area contributed by atoms with Crippen LogP contribution in [0.3, 0.4) is 0 Å². The minimum absolute atomic E-state index is 0.0581. The topological polar surface area (TPSA) is 96.3 Å². The lowest BCUT2D eigenvalue weighted by atomic mass is 9.95. The third-order valence-electron chi connectivity index (χ3n) is 4.78. The zero-order valence-electron chi connectivity index (χ0n) is 13.9. The first kappa shape index (κ1) is 15.8. The second-order valence-corrected chi connectivity index (χ2v) is 6.65. The number of aromatic nitrogens is 1. The number of nitrogens with one attached hydrogen (secondary N) is 3. The van der Waals surface area contributed by atoms with Crippen molar-refractivity contribution in [3.05, 3.63) is 36.4 Å². The predicted octanol–water partition coefficient (Wildman–Crippen LogP) is 1.92. The first-order valence-corrected chi connectivity index (χ1v) is 8.49.